The third kappa shape index (κ3) is 4.44. The van der Waals surface area contributed by atoms with Gasteiger partial charge in [0, 0.05) is 5.02 Å². The molecule has 17 heavy (non-hydrogen) atoms. The van der Waals surface area contributed by atoms with E-state index in [4.69, 9.17) is 16.3 Å². The van der Waals surface area contributed by atoms with Gasteiger partial charge in [0.1, 0.15) is 5.75 Å². The van der Waals surface area contributed by atoms with E-state index in [9.17, 15) is 0 Å². The van der Waals surface area contributed by atoms with Crippen molar-refractivity contribution in [1.29, 1.82) is 0 Å². The Morgan fingerprint density at radius 1 is 1.41 bits per heavy atom. The van der Waals surface area contributed by atoms with Crippen LogP contribution in [0.15, 0.2) is 12.1 Å². The number of aryl methyl sites for hydroxylation is 1. The van der Waals surface area contributed by atoms with Crippen LogP contribution in [0, 0.1) is 12.8 Å². The van der Waals surface area contributed by atoms with Crippen LogP contribution in [0.3, 0.4) is 0 Å². The van der Waals surface area contributed by atoms with Crippen molar-refractivity contribution in [3.05, 3.63) is 28.3 Å². The van der Waals surface area contributed by atoms with Crippen molar-refractivity contribution in [3.8, 4) is 5.75 Å². The second kappa shape index (κ2) is 7.17. The molecule has 0 N–H and O–H groups in total. The Morgan fingerprint density at radius 3 is 2.71 bits per heavy atom. The molecule has 3 heteroatoms. The van der Waals surface area contributed by atoms with Gasteiger partial charge in [0.15, 0.2) is 0 Å². The zero-order chi connectivity index (χ0) is 12.8. The molecule has 0 aromatic heterocycles. The molecule has 96 valence electrons. The summed E-state index contributed by atoms with van der Waals surface area (Å²) in [5, 5.41) is 0.815. The van der Waals surface area contributed by atoms with E-state index in [2.05, 4.69) is 26.5 Å². The van der Waals surface area contributed by atoms with E-state index < -0.39 is 0 Å². The maximum absolute atomic E-state index is 6.17. The summed E-state index contributed by atoms with van der Waals surface area (Å²) in [7, 11) is 0. The predicted octanol–water partition coefficient (Wildman–Crippen LogP) is 4.55. The first-order chi connectivity index (χ1) is 8.08. The molecule has 0 aliphatic carbocycles. The standard InChI is InChI=1S/C14H21ClOS/c1-4-5-16-14-7-11(3)13(15)8-12(14)6-10(2)9-17/h7-8,10,17H,4-6,9H2,1-3H3. The average Bonchev–Trinajstić information content (AvgIpc) is 2.31. The fraction of sp³-hybridized carbons (Fsp3) is 0.571. The minimum atomic E-state index is 0.529. The number of hydrogen-bond acceptors (Lipinski definition) is 2. The van der Waals surface area contributed by atoms with E-state index >= 15 is 0 Å². The van der Waals surface area contributed by atoms with Gasteiger partial charge >= 0.3 is 0 Å². The SMILES string of the molecule is CCCOc1cc(C)c(Cl)cc1CC(C)CS. The van der Waals surface area contributed by atoms with E-state index in [1.54, 1.807) is 0 Å². The van der Waals surface area contributed by atoms with Gasteiger partial charge in [0.25, 0.3) is 0 Å². The molecule has 1 rings (SSSR count). The van der Waals surface area contributed by atoms with Crippen LogP contribution in [-0.2, 0) is 6.42 Å². The zero-order valence-corrected chi connectivity index (χ0v) is 12.4. The van der Waals surface area contributed by atoms with E-state index in [-0.39, 0.29) is 0 Å². The summed E-state index contributed by atoms with van der Waals surface area (Å²) in [6.07, 6.45) is 1.98. The molecule has 1 unspecified atom stereocenters. The summed E-state index contributed by atoms with van der Waals surface area (Å²) < 4.78 is 5.78. The van der Waals surface area contributed by atoms with Crippen LogP contribution in [0.1, 0.15) is 31.4 Å². The highest BCUT2D eigenvalue weighted by Gasteiger charge is 2.10. The van der Waals surface area contributed by atoms with Crippen molar-refractivity contribution in [1.82, 2.24) is 0 Å². The Balaban J connectivity index is 2.94. The van der Waals surface area contributed by atoms with Crippen LogP contribution >= 0.6 is 24.2 Å². The van der Waals surface area contributed by atoms with Crippen molar-refractivity contribution in [2.45, 2.75) is 33.6 Å². The molecule has 0 saturated carbocycles. The van der Waals surface area contributed by atoms with Crippen molar-refractivity contribution in [3.63, 3.8) is 0 Å². The zero-order valence-electron chi connectivity index (χ0n) is 10.8. The molecule has 0 bridgehead atoms. The normalized spacial score (nSPS) is 12.5. The molecular formula is C14H21ClOS. The van der Waals surface area contributed by atoms with E-state index in [0.29, 0.717) is 5.92 Å². The molecule has 0 fully saturated rings. The number of rotatable bonds is 6. The van der Waals surface area contributed by atoms with E-state index in [0.717, 1.165) is 41.5 Å². The van der Waals surface area contributed by atoms with E-state index in [1.165, 1.54) is 5.56 Å². The van der Waals surface area contributed by atoms with Crippen LogP contribution in [0.2, 0.25) is 5.02 Å². The number of ether oxygens (including phenoxy) is 1. The molecule has 0 radical (unpaired) electrons. The first-order valence-corrected chi connectivity index (χ1v) is 7.12. The third-order valence-corrected chi connectivity index (χ3v) is 3.71. The summed E-state index contributed by atoms with van der Waals surface area (Å²) in [5.41, 5.74) is 2.26. The Labute approximate surface area is 115 Å². The van der Waals surface area contributed by atoms with Crippen molar-refractivity contribution in [2.24, 2.45) is 5.92 Å². The van der Waals surface area contributed by atoms with Crippen LogP contribution in [0.5, 0.6) is 5.75 Å². The summed E-state index contributed by atoms with van der Waals surface area (Å²) in [6.45, 7) is 7.06. The lowest BCUT2D eigenvalue weighted by atomic mass is 10.0. The van der Waals surface area contributed by atoms with Crippen molar-refractivity contribution in [2.75, 3.05) is 12.4 Å². The summed E-state index contributed by atoms with van der Waals surface area (Å²) >= 11 is 10.5. The number of benzene rings is 1. The van der Waals surface area contributed by atoms with Gasteiger partial charge in [-0.05, 0) is 54.7 Å². The van der Waals surface area contributed by atoms with Gasteiger partial charge in [-0.25, -0.2) is 0 Å². The van der Waals surface area contributed by atoms with Crippen molar-refractivity contribution < 1.29 is 4.74 Å². The lowest BCUT2D eigenvalue weighted by Gasteiger charge is -2.15. The van der Waals surface area contributed by atoms with Gasteiger partial charge < -0.3 is 4.74 Å². The minimum absolute atomic E-state index is 0.529. The maximum atomic E-state index is 6.17. The number of hydrogen-bond donors (Lipinski definition) is 1. The fourth-order valence-corrected chi connectivity index (χ4v) is 1.96. The Kier molecular flexibility index (Phi) is 6.21. The highest BCUT2D eigenvalue weighted by Crippen LogP contribution is 2.29. The summed E-state index contributed by atoms with van der Waals surface area (Å²) in [4.78, 5) is 0. The van der Waals surface area contributed by atoms with Crippen LogP contribution in [-0.4, -0.2) is 12.4 Å². The molecule has 1 aromatic carbocycles. The number of halogens is 1. The first-order valence-electron chi connectivity index (χ1n) is 6.11. The smallest absolute Gasteiger partial charge is 0.122 e. The van der Waals surface area contributed by atoms with Crippen molar-refractivity contribution >= 4 is 24.2 Å². The summed E-state index contributed by atoms with van der Waals surface area (Å²) in [5.74, 6) is 2.38. The molecule has 0 aliphatic heterocycles. The van der Waals surface area contributed by atoms with Crippen LogP contribution < -0.4 is 4.74 Å². The van der Waals surface area contributed by atoms with Gasteiger partial charge in [-0.1, -0.05) is 25.4 Å². The lowest BCUT2D eigenvalue weighted by Crippen LogP contribution is -2.05. The molecule has 0 amide bonds. The lowest BCUT2D eigenvalue weighted by molar-refractivity contribution is 0.313. The maximum Gasteiger partial charge on any atom is 0.122 e. The van der Waals surface area contributed by atoms with E-state index in [1.807, 2.05) is 19.1 Å². The first kappa shape index (κ1) is 14.7. The monoisotopic (exact) mass is 272 g/mol. The quantitative estimate of drug-likeness (QED) is 0.748. The van der Waals surface area contributed by atoms with Gasteiger partial charge in [0.2, 0.25) is 0 Å². The second-order valence-corrected chi connectivity index (χ2v) is 5.32. The molecule has 1 aromatic rings. The largest absolute Gasteiger partial charge is 0.493 e. The molecule has 1 nitrogen and oxygen atoms in total. The highest BCUT2D eigenvalue weighted by atomic mass is 35.5. The highest BCUT2D eigenvalue weighted by molar-refractivity contribution is 7.80. The predicted molar refractivity (Wildman–Crippen MR) is 78.7 cm³/mol. The molecule has 0 aliphatic rings. The fourth-order valence-electron chi connectivity index (χ4n) is 1.64. The van der Waals surface area contributed by atoms with Gasteiger partial charge in [-0.3, -0.25) is 0 Å². The van der Waals surface area contributed by atoms with Crippen LogP contribution in [0.25, 0.3) is 0 Å². The minimum Gasteiger partial charge on any atom is -0.493 e. The second-order valence-electron chi connectivity index (χ2n) is 4.55. The molecule has 0 saturated heterocycles. The molecule has 0 spiro atoms. The van der Waals surface area contributed by atoms with Gasteiger partial charge in [0.05, 0.1) is 6.61 Å². The molecule has 1 atom stereocenters. The van der Waals surface area contributed by atoms with Gasteiger partial charge in [-0.2, -0.15) is 12.6 Å². The van der Waals surface area contributed by atoms with Crippen LogP contribution in [0.4, 0.5) is 0 Å². The Morgan fingerprint density at radius 2 is 2.12 bits per heavy atom. The molecule has 0 heterocycles. The molecular weight excluding hydrogens is 252 g/mol. The topological polar surface area (TPSA) is 9.23 Å². The average molecular weight is 273 g/mol. The Bertz CT molecular complexity index is 365. The Hall–Kier alpha value is -0.340. The summed E-state index contributed by atoms with van der Waals surface area (Å²) in [6, 6.07) is 4.07. The third-order valence-electron chi connectivity index (χ3n) is 2.68. The van der Waals surface area contributed by atoms with Gasteiger partial charge in [-0.15, -0.1) is 0 Å². The number of thiol groups is 1.